The number of anilines is 1. The predicted molar refractivity (Wildman–Crippen MR) is 79.5 cm³/mol. The Kier molecular flexibility index (Phi) is 3.50. The number of fused-ring (bicyclic) bond motifs is 1. The first-order valence-corrected chi connectivity index (χ1v) is 7.33. The van der Waals surface area contributed by atoms with Gasteiger partial charge in [0.05, 0.1) is 16.2 Å². The van der Waals surface area contributed by atoms with Gasteiger partial charge in [0.2, 0.25) is 5.91 Å². The number of hydrogen-bond acceptors (Lipinski definition) is 4. The first-order chi connectivity index (χ1) is 9.60. The molecule has 0 spiro atoms. The lowest BCUT2D eigenvalue weighted by Gasteiger charge is -2.09. The third-order valence-electron chi connectivity index (χ3n) is 3.25. The van der Waals surface area contributed by atoms with E-state index in [0.29, 0.717) is 5.02 Å². The SMILES string of the molecule is CNC1C(=O)Nc2cc(Sc3ccoc3C)c(Cl)cc21. The Bertz CT molecular complexity index is 684. The molecule has 0 saturated heterocycles. The number of carbonyl (C=O) groups excluding carboxylic acids is 1. The molecule has 20 heavy (non-hydrogen) atoms. The zero-order chi connectivity index (χ0) is 14.3. The first kappa shape index (κ1) is 13.5. The topological polar surface area (TPSA) is 54.3 Å². The molecule has 1 unspecified atom stereocenters. The van der Waals surface area contributed by atoms with Gasteiger partial charge in [0.25, 0.3) is 0 Å². The summed E-state index contributed by atoms with van der Waals surface area (Å²) in [5, 5.41) is 6.47. The highest BCUT2D eigenvalue weighted by molar-refractivity contribution is 7.99. The van der Waals surface area contributed by atoms with Crippen molar-refractivity contribution in [2.45, 2.75) is 22.8 Å². The van der Waals surface area contributed by atoms with Crippen LogP contribution in [0.5, 0.6) is 0 Å². The Hall–Kier alpha value is -1.43. The van der Waals surface area contributed by atoms with Crippen molar-refractivity contribution in [3.05, 3.63) is 40.8 Å². The summed E-state index contributed by atoms with van der Waals surface area (Å²) < 4.78 is 5.28. The molecule has 2 N–H and O–H groups in total. The van der Waals surface area contributed by atoms with E-state index < -0.39 is 0 Å². The lowest BCUT2D eigenvalue weighted by Crippen LogP contribution is -2.23. The van der Waals surface area contributed by atoms with Crippen LogP contribution in [0.15, 0.2) is 38.7 Å². The number of halogens is 1. The van der Waals surface area contributed by atoms with Gasteiger partial charge < -0.3 is 15.1 Å². The molecule has 3 rings (SSSR count). The quantitative estimate of drug-likeness (QED) is 0.909. The van der Waals surface area contributed by atoms with Gasteiger partial charge in [0, 0.05) is 16.1 Å². The monoisotopic (exact) mass is 308 g/mol. The summed E-state index contributed by atoms with van der Waals surface area (Å²) in [6.45, 7) is 1.91. The Labute approximate surface area is 125 Å². The van der Waals surface area contributed by atoms with Crippen LogP contribution >= 0.6 is 23.4 Å². The molecule has 4 nitrogen and oxygen atoms in total. The van der Waals surface area contributed by atoms with Crippen LogP contribution in [0.4, 0.5) is 5.69 Å². The highest BCUT2D eigenvalue weighted by Gasteiger charge is 2.30. The third kappa shape index (κ3) is 2.22. The highest BCUT2D eigenvalue weighted by atomic mass is 35.5. The molecule has 104 valence electrons. The molecule has 1 atom stereocenters. The van der Waals surface area contributed by atoms with E-state index in [1.54, 1.807) is 13.3 Å². The molecule has 0 bridgehead atoms. The van der Waals surface area contributed by atoms with Crippen molar-refractivity contribution in [3.63, 3.8) is 0 Å². The van der Waals surface area contributed by atoms with E-state index in [-0.39, 0.29) is 11.9 Å². The maximum Gasteiger partial charge on any atom is 0.246 e. The zero-order valence-corrected chi connectivity index (χ0v) is 12.6. The molecule has 0 radical (unpaired) electrons. The average molecular weight is 309 g/mol. The van der Waals surface area contributed by atoms with Gasteiger partial charge in [-0.2, -0.15) is 0 Å². The first-order valence-electron chi connectivity index (χ1n) is 6.13. The van der Waals surface area contributed by atoms with Gasteiger partial charge in [-0.3, -0.25) is 4.79 Å². The number of hydrogen-bond donors (Lipinski definition) is 2. The number of carbonyl (C=O) groups is 1. The lowest BCUT2D eigenvalue weighted by atomic mass is 10.1. The van der Waals surface area contributed by atoms with Crippen LogP contribution in [0.3, 0.4) is 0 Å². The number of nitrogens with one attached hydrogen (secondary N) is 2. The normalized spacial score (nSPS) is 17.1. The molecule has 6 heteroatoms. The lowest BCUT2D eigenvalue weighted by molar-refractivity contribution is -0.117. The number of amides is 1. The van der Waals surface area contributed by atoms with E-state index in [1.807, 2.05) is 25.1 Å². The number of likely N-dealkylation sites (N-methyl/N-ethyl adjacent to an activating group) is 1. The van der Waals surface area contributed by atoms with Gasteiger partial charge in [-0.25, -0.2) is 0 Å². The molecular weight excluding hydrogens is 296 g/mol. The van der Waals surface area contributed by atoms with E-state index >= 15 is 0 Å². The van der Waals surface area contributed by atoms with Gasteiger partial charge in [-0.15, -0.1) is 0 Å². The summed E-state index contributed by atoms with van der Waals surface area (Å²) in [5.41, 5.74) is 1.69. The predicted octanol–water partition coefficient (Wildman–Crippen LogP) is 3.61. The maximum atomic E-state index is 11.8. The second kappa shape index (κ2) is 5.16. The van der Waals surface area contributed by atoms with E-state index in [1.165, 1.54) is 11.8 Å². The third-order valence-corrected chi connectivity index (χ3v) is 4.88. The Morgan fingerprint density at radius 1 is 1.40 bits per heavy atom. The van der Waals surface area contributed by atoms with Crippen molar-refractivity contribution >= 4 is 35.0 Å². The fourth-order valence-electron chi connectivity index (χ4n) is 2.22. The Morgan fingerprint density at radius 2 is 2.20 bits per heavy atom. The number of furan rings is 1. The summed E-state index contributed by atoms with van der Waals surface area (Å²) in [6, 6.07) is 5.31. The maximum absolute atomic E-state index is 11.8. The summed E-state index contributed by atoms with van der Waals surface area (Å²) in [5.74, 6) is 0.795. The molecule has 0 fully saturated rings. The van der Waals surface area contributed by atoms with Crippen LogP contribution in [0, 0.1) is 6.92 Å². The molecule has 0 saturated carbocycles. The highest BCUT2D eigenvalue weighted by Crippen LogP contribution is 2.41. The van der Waals surface area contributed by atoms with E-state index in [2.05, 4.69) is 10.6 Å². The fourth-order valence-corrected chi connectivity index (χ4v) is 3.40. The number of rotatable bonds is 3. The van der Waals surface area contributed by atoms with E-state index in [0.717, 1.165) is 26.8 Å². The minimum absolute atomic E-state index is 0.0554. The average Bonchev–Trinajstić information content (AvgIpc) is 2.93. The number of aryl methyl sites for hydroxylation is 1. The Morgan fingerprint density at radius 3 is 2.85 bits per heavy atom. The van der Waals surface area contributed by atoms with E-state index in [4.69, 9.17) is 16.0 Å². The van der Waals surface area contributed by atoms with Crippen molar-refractivity contribution in [1.29, 1.82) is 0 Å². The minimum Gasteiger partial charge on any atom is -0.468 e. The van der Waals surface area contributed by atoms with Crippen molar-refractivity contribution in [3.8, 4) is 0 Å². The standard InChI is InChI=1S/C14H13ClN2O2S/c1-7-11(3-4-19-7)20-12-6-10-8(5-9(12)15)13(16-2)14(18)17-10/h3-6,13,16H,1-2H3,(H,17,18). The molecule has 1 amide bonds. The van der Waals surface area contributed by atoms with Crippen molar-refractivity contribution in [2.75, 3.05) is 12.4 Å². The molecular formula is C14H13ClN2O2S. The summed E-state index contributed by atoms with van der Waals surface area (Å²) in [4.78, 5) is 13.7. The van der Waals surface area contributed by atoms with Crippen molar-refractivity contribution in [2.24, 2.45) is 0 Å². The smallest absolute Gasteiger partial charge is 0.246 e. The van der Waals surface area contributed by atoms with Gasteiger partial charge in [-0.05, 0) is 32.2 Å². The van der Waals surface area contributed by atoms with Crippen molar-refractivity contribution in [1.82, 2.24) is 5.32 Å². The molecule has 2 aromatic rings. The molecule has 1 aromatic carbocycles. The van der Waals surface area contributed by atoms with Crippen LogP contribution in [0.2, 0.25) is 5.02 Å². The molecule has 0 aliphatic carbocycles. The second-order valence-corrected chi connectivity index (χ2v) is 6.01. The summed E-state index contributed by atoms with van der Waals surface area (Å²) >= 11 is 7.86. The molecule has 1 aliphatic heterocycles. The van der Waals surface area contributed by atoms with Gasteiger partial charge in [0.15, 0.2) is 0 Å². The van der Waals surface area contributed by atoms with Crippen molar-refractivity contribution < 1.29 is 9.21 Å². The van der Waals surface area contributed by atoms with Crippen LogP contribution < -0.4 is 10.6 Å². The van der Waals surface area contributed by atoms with Crippen LogP contribution in [0.1, 0.15) is 17.4 Å². The molecule has 1 aromatic heterocycles. The molecule has 1 aliphatic rings. The van der Waals surface area contributed by atoms with Crippen LogP contribution in [0.25, 0.3) is 0 Å². The fraction of sp³-hybridized carbons (Fsp3) is 0.214. The van der Waals surface area contributed by atoms with Gasteiger partial charge >= 0.3 is 0 Å². The minimum atomic E-state index is -0.336. The summed E-state index contributed by atoms with van der Waals surface area (Å²) in [6.07, 6.45) is 1.65. The van der Waals surface area contributed by atoms with Crippen LogP contribution in [-0.2, 0) is 4.79 Å². The van der Waals surface area contributed by atoms with E-state index in [9.17, 15) is 4.79 Å². The largest absolute Gasteiger partial charge is 0.468 e. The van der Waals surface area contributed by atoms with Gasteiger partial charge in [-0.1, -0.05) is 23.4 Å². The number of benzene rings is 1. The molecule has 2 heterocycles. The summed E-state index contributed by atoms with van der Waals surface area (Å²) in [7, 11) is 1.75. The zero-order valence-electron chi connectivity index (χ0n) is 11.0. The van der Waals surface area contributed by atoms with Crippen LogP contribution in [-0.4, -0.2) is 13.0 Å². The van der Waals surface area contributed by atoms with Gasteiger partial charge in [0.1, 0.15) is 11.8 Å². The second-order valence-electron chi connectivity index (χ2n) is 4.52. The Balaban J connectivity index is 1.98.